The number of carbonyl (C=O) groups is 1. The van der Waals surface area contributed by atoms with Gasteiger partial charge in [0.15, 0.2) is 5.78 Å². The average Bonchev–Trinajstić information content (AvgIpc) is 3.00. The number of carbonyl (C=O) groups excluding carboxylic acids is 1. The fraction of sp³-hybridized carbons (Fsp3) is 0.167. The summed E-state index contributed by atoms with van der Waals surface area (Å²) in [6.45, 7) is 0. The number of aromatic nitrogens is 2. The van der Waals surface area contributed by atoms with Crippen LogP contribution in [0.1, 0.15) is 10.4 Å². The van der Waals surface area contributed by atoms with E-state index < -0.39 is 5.82 Å². The van der Waals surface area contributed by atoms with Crippen LogP contribution >= 0.6 is 11.6 Å². The van der Waals surface area contributed by atoms with Crippen LogP contribution in [0, 0.1) is 5.82 Å². The molecule has 0 unspecified atom stereocenters. The van der Waals surface area contributed by atoms with Crippen LogP contribution in [0.15, 0.2) is 59.5 Å². The molecule has 31 heavy (non-hydrogen) atoms. The number of rotatable bonds is 4. The highest BCUT2D eigenvalue weighted by Crippen LogP contribution is 2.32. The third kappa shape index (κ3) is 3.53. The van der Waals surface area contributed by atoms with Gasteiger partial charge in [0, 0.05) is 67.4 Å². The molecule has 2 aromatic carbocycles. The molecule has 5 nitrogen and oxygen atoms in total. The van der Waals surface area contributed by atoms with Crippen LogP contribution in [-0.2, 0) is 14.1 Å². The molecule has 0 atom stereocenters. The molecule has 0 aliphatic heterocycles. The second-order valence-corrected chi connectivity index (χ2v) is 8.15. The predicted molar refractivity (Wildman–Crippen MR) is 123 cm³/mol. The number of fused-ring (bicyclic) bond motifs is 3. The standard InChI is InChI=1S/C24H21ClFN3O2/c1-27(2)10-9-22(30)14-5-8-21-17(11-14)18-13-19(16-7-6-15(25)12-20(16)26)24(31)29(4)23(18)28(21)3/h5-13H,1-4H3/b10-9+. The van der Waals surface area contributed by atoms with Crippen LogP contribution in [0.3, 0.4) is 0 Å². The van der Waals surface area contributed by atoms with Gasteiger partial charge in [-0.15, -0.1) is 0 Å². The molecule has 0 saturated carbocycles. The van der Waals surface area contributed by atoms with E-state index in [4.69, 9.17) is 11.6 Å². The highest BCUT2D eigenvalue weighted by molar-refractivity contribution is 6.30. The smallest absolute Gasteiger partial charge is 0.259 e. The first-order chi connectivity index (χ1) is 14.7. The molecule has 4 rings (SSSR count). The van der Waals surface area contributed by atoms with E-state index in [1.165, 1.54) is 22.8 Å². The zero-order chi connectivity index (χ0) is 22.4. The number of hydrogen-bond donors (Lipinski definition) is 0. The van der Waals surface area contributed by atoms with Crippen LogP contribution in [0.4, 0.5) is 4.39 Å². The van der Waals surface area contributed by atoms with Crippen molar-refractivity contribution < 1.29 is 9.18 Å². The van der Waals surface area contributed by atoms with Crippen molar-refractivity contribution in [2.75, 3.05) is 14.1 Å². The van der Waals surface area contributed by atoms with E-state index >= 15 is 0 Å². The Labute approximate surface area is 183 Å². The summed E-state index contributed by atoms with van der Waals surface area (Å²) in [4.78, 5) is 27.4. The van der Waals surface area contributed by atoms with Crippen molar-refractivity contribution >= 4 is 39.3 Å². The van der Waals surface area contributed by atoms with Crippen molar-refractivity contribution in [3.63, 3.8) is 0 Å². The zero-order valence-corrected chi connectivity index (χ0v) is 18.4. The van der Waals surface area contributed by atoms with Gasteiger partial charge in [0.1, 0.15) is 11.5 Å². The number of aryl methyl sites for hydroxylation is 2. The lowest BCUT2D eigenvalue weighted by Gasteiger charge is -2.09. The fourth-order valence-corrected chi connectivity index (χ4v) is 4.02. The summed E-state index contributed by atoms with van der Waals surface area (Å²) in [5, 5.41) is 1.83. The Morgan fingerprint density at radius 3 is 2.42 bits per heavy atom. The maximum atomic E-state index is 14.6. The summed E-state index contributed by atoms with van der Waals surface area (Å²) < 4.78 is 18.0. The van der Waals surface area contributed by atoms with E-state index in [9.17, 15) is 14.0 Å². The highest BCUT2D eigenvalue weighted by atomic mass is 35.5. The zero-order valence-electron chi connectivity index (χ0n) is 17.6. The molecule has 0 amide bonds. The Morgan fingerprint density at radius 2 is 1.74 bits per heavy atom. The molecule has 7 heteroatoms. The lowest BCUT2D eigenvalue weighted by atomic mass is 10.0. The molecule has 2 heterocycles. The van der Waals surface area contributed by atoms with Gasteiger partial charge in [0.05, 0.1) is 11.1 Å². The van der Waals surface area contributed by atoms with Gasteiger partial charge in [-0.2, -0.15) is 0 Å². The van der Waals surface area contributed by atoms with Gasteiger partial charge in [0.25, 0.3) is 5.56 Å². The Hall–Kier alpha value is -3.38. The lowest BCUT2D eigenvalue weighted by Crippen LogP contribution is -2.20. The lowest BCUT2D eigenvalue weighted by molar-refractivity contribution is 0.104. The Morgan fingerprint density at radius 1 is 1.00 bits per heavy atom. The molecular weight excluding hydrogens is 417 g/mol. The van der Waals surface area contributed by atoms with Crippen molar-refractivity contribution in [1.29, 1.82) is 0 Å². The quantitative estimate of drug-likeness (QED) is 0.342. The fourth-order valence-electron chi connectivity index (χ4n) is 3.86. The van der Waals surface area contributed by atoms with Gasteiger partial charge >= 0.3 is 0 Å². The molecule has 0 fully saturated rings. The number of halogens is 2. The molecule has 0 aliphatic rings. The number of hydrogen-bond acceptors (Lipinski definition) is 3. The van der Waals surface area contributed by atoms with Gasteiger partial charge in [-0.3, -0.25) is 14.2 Å². The van der Waals surface area contributed by atoms with Crippen LogP contribution in [0.25, 0.3) is 33.1 Å². The van der Waals surface area contributed by atoms with Gasteiger partial charge < -0.3 is 9.47 Å². The predicted octanol–water partition coefficient (Wildman–Crippen LogP) is 4.75. The second kappa shape index (κ2) is 7.71. The van der Waals surface area contributed by atoms with Crippen LogP contribution in [-0.4, -0.2) is 33.9 Å². The van der Waals surface area contributed by atoms with E-state index in [1.807, 2.05) is 37.8 Å². The molecule has 0 bridgehead atoms. The molecule has 0 N–H and O–H groups in total. The molecule has 0 spiro atoms. The van der Waals surface area contributed by atoms with Gasteiger partial charge in [-0.25, -0.2) is 4.39 Å². The van der Waals surface area contributed by atoms with Crippen molar-refractivity contribution in [3.8, 4) is 11.1 Å². The largest absolute Gasteiger partial charge is 0.383 e. The molecular formula is C24H21ClFN3O2. The summed E-state index contributed by atoms with van der Waals surface area (Å²) >= 11 is 5.88. The first-order valence-corrected chi connectivity index (χ1v) is 10.0. The maximum absolute atomic E-state index is 14.6. The summed E-state index contributed by atoms with van der Waals surface area (Å²) in [6, 6.07) is 11.4. The molecule has 2 aromatic heterocycles. The van der Waals surface area contributed by atoms with E-state index in [-0.39, 0.29) is 27.5 Å². The van der Waals surface area contributed by atoms with Crippen molar-refractivity contribution in [2.45, 2.75) is 0 Å². The second-order valence-electron chi connectivity index (χ2n) is 7.72. The number of ketones is 1. The third-order valence-electron chi connectivity index (χ3n) is 5.38. The minimum Gasteiger partial charge on any atom is -0.383 e. The van der Waals surface area contributed by atoms with Crippen LogP contribution < -0.4 is 5.56 Å². The van der Waals surface area contributed by atoms with Crippen molar-refractivity contribution in [1.82, 2.24) is 14.0 Å². The normalized spacial score (nSPS) is 11.7. The molecule has 158 valence electrons. The summed E-state index contributed by atoms with van der Waals surface area (Å²) in [6.07, 6.45) is 3.21. The van der Waals surface area contributed by atoms with Crippen molar-refractivity contribution in [3.05, 3.63) is 81.5 Å². The topological polar surface area (TPSA) is 47.2 Å². The van der Waals surface area contributed by atoms with Crippen molar-refractivity contribution in [2.24, 2.45) is 14.1 Å². The molecule has 0 radical (unpaired) electrons. The van der Waals surface area contributed by atoms with Crippen LogP contribution in [0.5, 0.6) is 0 Å². The number of nitrogens with zero attached hydrogens (tertiary/aromatic N) is 3. The Bertz CT molecular complexity index is 1450. The Balaban J connectivity index is 2.01. The number of benzene rings is 2. The van der Waals surface area contributed by atoms with Gasteiger partial charge in [-0.05, 0) is 42.5 Å². The minimum absolute atomic E-state index is 0.124. The highest BCUT2D eigenvalue weighted by Gasteiger charge is 2.18. The number of allylic oxidation sites excluding steroid dienone is 1. The molecule has 4 aromatic rings. The summed E-state index contributed by atoms with van der Waals surface area (Å²) in [7, 11) is 7.21. The summed E-state index contributed by atoms with van der Waals surface area (Å²) in [5.41, 5.74) is 2.19. The summed E-state index contributed by atoms with van der Waals surface area (Å²) in [5.74, 6) is -0.685. The first kappa shape index (κ1) is 20.9. The SMILES string of the molecule is CN(C)/C=C/C(=O)c1ccc2c(c1)c1cc(-c3ccc(Cl)cc3F)c(=O)n(C)c1n2C. The molecule has 0 aliphatic carbocycles. The number of pyridine rings is 1. The molecule has 0 saturated heterocycles. The Kier molecular flexibility index (Phi) is 5.19. The van der Waals surface area contributed by atoms with Gasteiger partial charge in [-0.1, -0.05) is 11.6 Å². The van der Waals surface area contributed by atoms with E-state index in [2.05, 4.69) is 0 Å². The van der Waals surface area contributed by atoms with E-state index in [0.29, 0.717) is 11.2 Å². The van der Waals surface area contributed by atoms with E-state index in [0.717, 1.165) is 16.3 Å². The van der Waals surface area contributed by atoms with Crippen LogP contribution in [0.2, 0.25) is 5.02 Å². The first-order valence-electron chi connectivity index (χ1n) is 9.65. The monoisotopic (exact) mass is 437 g/mol. The minimum atomic E-state index is -0.561. The average molecular weight is 438 g/mol. The van der Waals surface area contributed by atoms with E-state index in [1.54, 1.807) is 36.3 Å². The maximum Gasteiger partial charge on any atom is 0.259 e. The van der Waals surface area contributed by atoms with Gasteiger partial charge in [0.2, 0.25) is 0 Å². The third-order valence-corrected chi connectivity index (χ3v) is 5.61.